The van der Waals surface area contributed by atoms with Gasteiger partial charge in [0.25, 0.3) is 0 Å². The predicted molar refractivity (Wildman–Crippen MR) is 59.6 cm³/mol. The number of nitrogens with zero attached hydrogens (tertiary/aromatic N) is 1. The lowest BCUT2D eigenvalue weighted by atomic mass is 9.76. The van der Waals surface area contributed by atoms with Crippen LogP contribution in [0, 0.1) is 11.8 Å². The number of carbonyl (C=O) groups is 1. The molecule has 2 nitrogen and oxygen atoms in total. The summed E-state index contributed by atoms with van der Waals surface area (Å²) in [5.41, 5.74) is 0. The second-order valence-electron chi connectivity index (χ2n) is 5.75. The zero-order valence-electron chi connectivity index (χ0n) is 9.61. The topological polar surface area (TPSA) is 20.3 Å². The van der Waals surface area contributed by atoms with E-state index in [1.165, 1.54) is 32.1 Å². The maximum atomic E-state index is 12.1. The van der Waals surface area contributed by atoms with Crippen molar-refractivity contribution in [3.8, 4) is 0 Å². The second-order valence-corrected chi connectivity index (χ2v) is 5.75. The van der Waals surface area contributed by atoms with Crippen LogP contribution >= 0.6 is 0 Å². The number of rotatable bonds is 2. The molecule has 3 aliphatic rings. The Bertz CT molecular complexity index is 258. The number of Topliss-reactive ketones (excluding diaryl/α,β-unsaturated/α-hetero) is 1. The monoisotopic (exact) mass is 207 g/mol. The van der Waals surface area contributed by atoms with Gasteiger partial charge in [-0.05, 0) is 45.6 Å². The van der Waals surface area contributed by atoms with Crippen molar-refractivity contribution in [2.45, 2.75) is 57.0 Å². The summed E-state index contributed by atoms with van der Waals surface area (Å²) in [6.07, 6.45) is 8.69. The fourth-order valence-electron chi connectivity index (χ4n) is 3.55. The van der Waals surface area contributed by atoms with Gasteiger partial charge >= 0.3 is 0 Å². The Kier molecular flexibility index (Phi) is 2.35. The van der Waals surface area contributed by atoms with Gasteiger partial charge in [-0.3, -0.25) is 4.79 Å². The highest BCUT2D eigenvalue weighted by Crippen LogP contribution is 2.41. The molecule has 2 bridgehead atoms. The summed E-state index contributed by atoms with van der Waals surface area (Å²) in [4.78, 5) is 14.6. The molecule has 0 aromatic carbocycles. The highest BCUT2D eigenvalue weighted by Gasteiger charge is 2.42. The van der Waals surface area contributed by atoms with Crippen molar-refractivity contribution in [1.29, 1.82) is 0 Å². The lowest BCUT2D eigenvalue weighted by Gasteiger charge is -2.46. The van der Waals surface area contributed by atoms with Crippen LogP contribution < -0.4 is 0 Å². The average Bonchev–Trinajstić information content (AvgIpc) is 2.99. The van der Waals surface area contributed by atoms with E-state index in [-0.39, 0.29) is 0 Å². The molecule has 2 atom stereocenters. The van der Waals surface area contributed by atoms with Gasteiger partial charge < -0.3 is 4.90 Å². The molecule has 2 heterocycles. The zero-order chi connectivity index (χ0) is 10.4. The highest BCUT2D eigenvalue weighted by molar-refractivity contribution is 5.85. The van der Waals surface area contributed by atoms with Crippen molar-refractivity contribution in [3.05, 3.63) is 0 Å². The number of piperidine rings is 2. The van der Waals surface area contributed by atoms with Crippen molar-refractivity contribution in [3.63, 3.8) is 0 Å². The maximum Gasteiger partial charge on any atom is 0.139 e. The molecule has 0 aromatic heterocycles. The third-order valence-corrected chi connectivity index (χ3v) is 4.72. The van der Waals surface area contributed by atoms with Crippen LogP contribution in [-0.2, 0) is 4.79 Å². The quantitative estimate of drug-likeness (QED) is 0.692. The van der Waals surface area contributed by atoms with Gasteiger partial charge in [-0.15, -0.1) is 0 Å². The average molecular weight is 207 g/mol. The molecular weight excluding hydrogens is 186 g/mol. The van der Waals surface area contributed by atoms with Gasteiger partial charge in [-0.1, -0.05) is 6.42 Å². The number of fused-ring (bicyclic) bond motifs is 2. The minimum Gasteiger partial charge on any atom is -0.300 e. The molecular formula is C13H21NO. The van der Waals surface area contributed by atoms with E-state index < -0.39 is 0 Å². The van der Waals surface area contributed by atoms with Crippen LogP contribution in [0.3, 0.4) is 0 Å². The molecule has 3 rings (SSSR count). The smallest absolute Gasteiger partial charge is 0.139 e. The largest absolute Gasteiger partial charge is 0.300 e. The lowest BCUT2D eigenvalue weighted by molar-refractivity contribution is -0.127. The van der Waals surface area contributed by atoms with E-state index in [1.807, 2.05) is 0 Å². The van der Waals surface area contributed by atoms with Gasteiger partial charge in [-0.25, -0.2) is 0 Å². The molecule has 1 saturated carbocycles. The maximum absolute atomic E-state index is 12.1. The van der Waals surface area contributed by atoms with Gasteiger partial charge in [0, 0.05) is 23.9 Å². The Morgan fingerprint density at radius 1 is 1.00 bits per heavy atom. The third kappa shape index (κ3) is 1.73. The molecule has 1 aliphatic carbocycles. The lowest BCUT2D eigenvalue weighted by Crippen LogP contribution is -2.51. The van der Waals surface area contributed by atoms with E-state index in [9.17, 15) is 4.79 Å². The predicted octanol–water partition coefficient (Wildman–Crippen LogP) is 2.23. The fraction of sp³-hybridized carbons (Fsp3) is 0.923. The summed E-state index contributed by atoms with van der Waals surface area (Å²) in [5, 5.41) is 0. The van der Waals surface area contributed by atoms with E-state index in [0.29, 0.717) is 29.7 Å². The molecule has 0 N–H and O–H groups in total. The summed E-state index contributed by atoms with van der Waals surface area (Å²) < 4.78 is 0. The standard InChI is InChI=1S/C13H21NO/c1-14-11-3-2-4-12(14)8-10(7-11)13(15)9-5-6-9/h9-12H,2-8H2,1H3. The van der Waals surface area contributed by atoms with Gasteiger partial charge in [0.15, 0.2) is 0 Å². The number of hydrogen-bond donors (Lipinski definition) is 0. The summed E-state index contributed by atoms with van der Waals surface area (Å²) in [5.74, 6) is 1.50. The van der Waals surface area contributed by atoms with Crippen molar-refractivity contribution < 1.29 is 4.79 Å². The molecule has 0 aromatic rings. The number of hydrogen-bond acceptors (Lipinski definition) is 2. The summed E-state index contributed by atoms with van der Waals surface area (Å²) in [7, 11) is 2.26. The molecule has 0 spiro atoms. The Morgan fingerprint density at radius 3 is 2.13 bits per heavy atom. The van der Waals surface area contributed by atoms with Crippen molar-refractivity contribution in [2.24, 2.45) is 11.8 Å². The van der Waals surface area contributed by atoms with E-state index in [0.717, 1.165) is 12.8 Å². The van der Waals surface area contributed by atoms with E-state index in [4.69, 9.17) is 0 Å². The van der Waals surface area contributed by atoms with E-state index >= 15 is 0 Å². The highest BCUT2D eigenvalue weighted by atomic mass is 16.1. The minimum atomic E-state index is 0.420. The second kappa shape index (κ2) is 3.58. The SMILES string of the molecule is CN1C2CCCC1CC(C(=O)C1CC1)C2. The van der Waals surface area contributed by atoms with Crippen LogP contribution in [0.15, 0.2) is 0 Å². The Labute approximate surface area is 92.0 Å². The Hall–Kier alpha value is -0.370. The van der Waals surface area contributed by atoms with E-state index in [2.05, 4.69) is 11.9 Å². The molecule has 0 amide bonds. The zero-order valence-corrected chi connectivity index (χ0v) is 9.61. The van der Waals surface area contributed by atoms with Crippen molar-refractivity contribution in [2.75, 3.05) is 7.05 Å². The molecule has 2 unspecified atom stereocenters. The van der Waals surface area contributed by atoms with Gasteiger partial charge in [0.1, 0.15) is 5.78 Å². The molecule has 2 aliphatic heterocycles. The molecule has 84 valence electrons. The fourth-order valence-corrected chi connectivity index (χ4v) is 3.55. The first-order valence-corrected chi connectivity index (χ1v) is 6.51. The molecule has 15 heavy (non-hydrogen) atoms. The van der Waals surface area contributed by atoms with Gasteiger partial charge in [-0.2, -0.15) is 0 Å². The van der Waals surface area contributed by atoms with Gasteiger partial charge in [0.2, 0.25) is 0 Å². The van der Waals surface area contributed by atoms with Crippen LogP contribution in [0.25, 0.3) is 0 Å². The molecule has 0 radical (unpaired) electrons. The number of carbonyl (C=O) groups excluding carboxylic acids is 1. The first-order valence-electron chi connectivity index (χ1n) is 6.51. The third-order valence-electron chi connectivity index (χ3n) is 4.72. The number of ketones is 1. The van der Waals surface area contributed by atoms with Crippen LogP contribution in [-0.4, -0.2) is 29.8 Å². The normalized spacial score (nSPS) is 41.5. The van der Waals surface area contributed by atoms with Crippen molar-refractivity contribution in [1.82, 2.24) is 4.90 Å². The van der Waals surface area contributed by atoms with Crippen molar-refractivity contribution >= 4 is 5.78 Å². The molecule has 2 heteroatoms. The molecule has 2 saturated heterocycles. The van der Waals surface area contributed by atoms with Crippen LogP contribution in [0.5, 0.6) is 0 Å². The summed E-state index contributed by atoms with van der Waals surface area (Å²) >= 11 is 0. The molecule has 3 fully saturated rings. The van der Waals surface area contributed by atoms with Gasteiger partial charge in [0.05, 0.1) is 0 Å². The first-order chi connectivity index (χ1) is 7.25. The summed E-state index contributed by atoms with van der Waals surface area (Å²) in [6.45, 7) is 0. The van der Waals surface area contributed by atoms with Crippen LogP contribution in [0.1, 0.15) is 44.9 Å². The Balaban J connectivity index is 1.70. The van der Waals surface area contributed by atoms with Crippen LogP contribution in [0.4, 0.5) is 0 Å². The van der Waals surface area contributed by atoms with E-state index in [1.54, 1.807) is 0 Å². The minimum absolute atomic E-state index is 0.420. The van der Waals surface area contributed by atoms with Crippen LogP contribution in [0.2, 0.25) is 0 Å². The first kappa shape index (κ1) is 9.83. The summed E-state index contributed by atoms with van der Waals surface area (Å²) in [6, 6.07) is 1.43. The Morgan fingerprint density at radius 2 is 1.60 bits per heavy atom.